The van der Waals surface area contributed by atoms with Crippen LogP contribution in [0.15, 0.2) is 18.2 Å². The molecule has 1 unspecified atom stereocenters. The van der Waals surface area contributed by atoms with Crippen LogP contribution in [0.2, 0.25) is 0 Å². The molecule has 3 heteroatoms. The summed E-state index contributed by atoms with van der Waals surface area (Å²) in [6.07, 6.45) is 0.286. The molecule has 0 radical (unpaired) electrons. The molecular formula is C17H26O3. The van der Waals surface area contributed by atoms with Crippen molar-refractivity contribution in [3.05, 3.63) is 29.3 Å². The van der Waals surface area contributed by atoms with Crippen LogP contribution in [-0.2, 0) is 4.74 Å². The SMILES string of the molecule is Cc1ccc([C@@H](C)O)c(OC2CC(C)(C)OC2(C)C)c1. The summed E-state index contributed by atoms with van der Waals surface area (Å²) < 4.78 is 12.3. The first-order valence-electron chi connectivity index (χ1n) is 7.26. The van der Waals surface area contributed by atoms with Gasteiger partial charge in [-0.1, -0.05) is 12.1 Å². The van der Waals surface area contributed by atoms with Gasteiger partial charge in [-0.3, -0.25) is 0 Å². The van der Waals surface area contributed by atoms with E-state index in [9.17, 15) is 5.11 Å². The highest BCUT2D eigenvalue weighted by molar-refractivity contribution is 5.38. The number of aliphatic hydroxyl groups is 1. The predicted octanol–water partition coefficient (Wildman–Crippen LogP) is 3.77. The van der Waals surface area contributed by atoms with Crippen molar-refractivity contribution in [2.75, 3.05) is 0 Å². The minimum atomic E-state index is -0.538. The average molecular weight is 278 g/mol. The largest absolute Gasteiger partial charge is 0.487 e. The van der Waals surface area contributed by atoms with Gasteiger partial charge in [0.2, 0.25) is 0 Å². The van der Waals surface area contributed by atoms with Crippen molar-refractivity contribution < 1.29 is 14.6 Å². The standard InChI is InChI=1S/C17H26O3/c1-11-7-8-13(12(2)18)14(9-11)19-15-10-16(3,4)20-17(15,5)6/h7-9,12,15,18H,10H2,1-6H3/t12-,15?/m1/s1. The van der Waals surface area contributed by atoms with E-state index in [1.165, 1.54) is 0 Å². The Kier molecular flexibility index (Phi) is 3.87. The molecule has 1 aliphatic heterocycles. The minimum absolute atomic E-state index is 0.0169. The van der Waals surface area contributed by atoms with E-state index in [2.05, 4.69) is 27.7 Å². The third kappa shape index (κ3) is 3.15. The maximum absolute atomic E-state index is 9.89. The number of aliphatic hydroxyl groups excluding tert-OH is 1. The first kappa shape index (κ1) is 15.3. The highest BCUT2D eigenvalue weighted by Crippen LogP contribution is 2.40. The summed E-state index contributed by atoms with van der Waals surface area (Å²) in [6, 6.07) is 5.92. The monoisotopic (exact) mass is 278 g/mol. The van der Waals surface area contributed by atoms with Crippen molar-refractivity contribution in [3.8, 4) is 5.75 Å². The number of hydrogen-bond acceptors (Lipinski definition) is 3. The van der Waals surface area contributed by atoms with Crippen LogP contribution >= 0.6 is 0 Å². The molecule has 1 saturated heterocycles. The van der Waals surface area contributed by atoms with Gasteiger partial charge in [-0.2, -0.15) is 0 Å². The van der Waals surface area contributed by atoms with Crippen molar-refractivity contribution in [2.45, 2.75) is 71.4 Å². The van der Waals surface area contributed by atoms with Crippen LogP contribution in [0.4, 0.5) is 0 Å². The van der Waals surface area contributed by atoms with Gasteiger partial charge in [0, 0.05) is 12.0 Å². The molecule has 0 aliphatic carbocycles. The summed E-state index contributed by atoms with van der Waals surface area (Å²) in [6.45, 7) is 12.1. The molecule has 2 atom stereocenters. The fourth-order valence-corrected chi connectivity index (χ4v) is 2.94. The van der Waals surface area contributed by atoms with E-state index >= 15 is 0 Å². The maximum atomic E-state index is 9.89. The molecule has 1 aromatic rings. The summed E-state index contributed by atoms with van der Waals surface area (Å²) >= 11 is 0. The van der Waals surface area contributed by atoms with Crippen LogP contribution in [0.3, 0.4) is 0 Å². The quantitative estimate of drug-likeness (QED) is 0.914. The van der Waals surface area contributed by atoms with Crippen molar-refractivity contribution in [1.29, 1.82) is 0 Å². The van der Waals surface area contributed by atoms with Gasteiger partial charge in [0.15, 0.2) is 0 Å². The number of aryl methyl sites for hydroxylation is 1. The van der Waals surface area contributed by atoms with Gasteiger partial charge in [-0.15, -0.1) is 0 Å². The summed E-state index contributed by atoms with van der Waals surface area (Å²) in [5.74, 6) is 0.763. The summed E-state index contributed by atoms with van der Waals surface area (Å²) in [5, 5.41) is 9.89. The van der Waals surface area contributed by atoms with Crippen LogP contribution in [0, 0.1) is 6.92 Å². The number of ether oxygens (including phenoxy) is 2. The topological polar surface area (TPSA) is 38.7 Å². The molecule has 1 aromatic carbocycles. The second kappa shape index (κ2) is 5.05. The molecule has 1 N–H and O–H groups in total. The van der Waals surface area contributed by atoms with Crippen molar-refractivity contribution in [1.82, 2.24) is 0 Å². The highest BCUT2D eigenvalue weighted by atomic mass is 16.6. The number of rotatable bonds is 3. The molecule has 0 bridgehead atoms. The Labute approximate surface area is 121 Å². The zero-order chi connectivity index (χ0) is 15.1. The van der Waals surface area contributed by atoms with Crippen LogP contribution < -0.4 is 4.74 Å². The Bertz CT molecular complexity index is 489. The van der Waals surface area contributed by atoms with Crippen molar-refractivity contribution >= 4 is 0 Å². The van der Waals surface area contributed by atoms with Crippen molar-refractivity contribution in [3.63, 3.8) is 0 Å². The van der Waals surface area contributed by atoms with E-state index in [-0.39, 0.29) is 17.3 Å². The summed E-state index contributed by atoms with van der Waals surface area (Å²) in [5.41, 5.74) is 1.45. The second-order valence-corrected chi connectivity index (χ2v) is 6.99. The first-order chi connectivity index (χ1) is 9.11. The average Bonchev–Trinajstić information content (AvgIpc) is 2.46. The zero-order valence-corrected chi connectivity index (χ0v) is 13.4. The molecule has 0 spiro atoms. The third-order valence-corrected chi connectivity index (χ3v) is 3.88. The smallest absolute Gasteiger partial charge is 0.130 e. The number of hydrogen-bond donors (Lipinski definition) is 1. The van der Waals surface area contributed by atoms with E-state index in [1.807, 2.05) is 25.1 Å². The maximum Gasteiger partial charge on any atom is 0.130 e. The van der Waals surface area contributed by atoms with Gasteiger partial charge in [0.25, 0.3) is 0 Å². The summed E-state index contributed by atoms with van der Waals surface area (Å²) in [4.78, 5) is 0. The second-order valence-electron chi connectivity index (χ2n) is 6.99. The Morgan fingerprint density at radius 1 is 1.30 bits per heavy atom. The van der Waals surface area contributed by atoms with Gasteiger partial charge in [0.1, 0.15) is 17.5 Å². The lowest BCUT2D eigenvalue weighted by Gasteiger charge is -2.28. The normalized spacial score (nSPS) is 25.4. The van der Waals surface area contributed by atoms with Gasteiger partial charge < -0.3 is 14.6 Å². The van der Waals surface area contributed by atoms with E-state index < -0.39 is 6.10 Å². The third-order valence-electron chi connectivity index (χ3n) is 3.88. The molecule has 1 fully saturated rings. The highest BCUT2D eigenvalue weighted by Gasteiger charge is 2.47. The lowest BCUT2D eigenvalue weighted by molar-refractivity contribution is -0.0848. The molecule has 3 nitrogen and oxygen atoms in total. The summed E-state index contributed by atoms with van der Waals surface area (Å²) in [7, 11) is 0. The van der Waals surface area contributed by atoms with E-state index in [4.69, 9.17) is 9.47 Å². The Hall–Kier alpha value is -1.06. The fourth-order valence-electron chi connectivity index (χ4n) is 2.94. The minimum Gasteiger partial charge on any atom is -0.487 e. The zero-order valence-electron chi connectivity index (χ0n) is 13.4. The van der Waals surface area contributed by atoms with Gasteiger partial charge in [0.05, 0.1) is 11.7 Å². The van der Waals surface area contributed by atoms with Crippen LogP contribution in [-0.4, -0.2) is 22.4 Å². The van der Waals surface area contributed by atoms with Gasteiger partial charge in [-0.25, -0.2) is 0 Å². The van der Waals surface area contributed by atoms with E-state index in [0.717, 1.165) is 23.3 Å². The van der Waals surface area contributed by atoms with Crippen molar-refractivity contribution in [2.24, 2.45) is 0 Å². The molecule has 1 heterocycles. The lowest BCUT2D eigenvalue weighted by Crippen LogP contribution is -2.37. The molecular weight excluding hydrogens is 252 g/mol. The first-order valence-corrected chi connectivity index (χ1v) is 7.26. The fraction of sp³-hybridized carbons (Fsp3) is 0.647. The Morgan fingerprint density at radius 3 is 2.45 bits per heavy atom. The van der Waals surface area contributed by atoms with Gasteiger partial charge in [-0.05, 0) is 53.2 Å². The Balaban J connectivity index is 2.28. The predicted molar refractivity (Wildman–Crippen MR) is 80.1 cm³/mol. The van der Waals surface area contributed by atoms with Crippen LogP contribution in [0.1, 0.15) is 58.3 Å². The molecule has 112 valence electrons. The van der Waals surface area contributed by atoms with E-state index in [0.29, 0.717) is 0 Å². The molecule has 2 rings (SSSR count). The molecule has 0 amide bonds. The Morgan fingerprint density at radius 2 is 1.95 bits per heavy atom. The van der Waals surface area contributed by atoms with E-state index in [1.54, 1.807) is 6.92 Å². The van der Waals surface area contributed by atoms with Crippen LogP contribution in [0.25, 0.3) is 0 Å². The van der Waals surface area contributed by atoms with Crippen LogP contribution in [0.5, 0.6) is 5.75 Å². The molecule has 0 saturated carbocycles. The molecule has 0 aromatic heterocycles. The lowest BCUT2D eigenvalue weighted by atomic mass is 9.96. The van der Waals surface area contributed by atoms with Gasteiger partial charge >= 0.3 is 0 Å². The number of benzene rings is 1. The molecule has 1 aliphatic rings. The molecule has 20 heavy (non-hydrogen) atoms.